The van der Waals surface area contributed by atoms with Crippen LogP contribution in [0.5, 0.6) is 0 Å². The number of methoxy groups -OCH3 is 1. The lowest BCUT2D eigenvalue weighted by molar-refractivity contribution is 0.121. The van der Waals surface area contributed by atoms with Crippen molar-refractivity contribution in [2.24, 2.45) is 5.73 Å². The lowest BCUT2D eigenvalue weighted by atomic mass is 10.2. The van der Waals surface area contributed by atoms with Crippen LogP contribution in [0.2, 0.25) is 5.02 Å². The van der Waals surface area contributed by atoms with Gasteiger partial charge >= 0.3 is 0 Å². The highest BCUT2D eigenvalue weighted by atomic mass is 35.5. The molecule has 1 saturated heterocycles. The summed E-state index contributed by atoms with van der Waals surface area (Å²) in [5, 5.41) is 0.778. The average Bonchev–Trinajstić information content (AvgIpc) is 2.77. The summed E-state index contributed by atoms with van der Waals surface area (Å²) in [5.41, 5.74) is 7.72. The summed E-state index contributed by atoms with van der Waals surface area (Å²) in [6.45, 7) is 2.44. The second-order valence-electron chi connectivity index (χ2n) is 4.08. The molecule has 0 radical (unpaired) electrons. The molecule has 0 bridgehead atoms. The molecule has 2 rings (SSSR count). The van der Waals surface area contributed by atoms with Gasteiger partial charge in [-0.1, -0.05) is 17.7 Å². The van der Waals surface area contributed by atoms with Gasteiger partial charge in [-0.3, -0.25) is 0 Å². The predicted octanol–water partition coefficient (Wildman–Crippen LogP) is 2.02. The molecule has 1 unspecified atom stereocenters. The lowest BCUT2D eigenvalue weighted by Crippen LogP contribution is -2.22. The molecule has 2 N–H and O–H groups in total. The van der Waals surface area contributed by atoms with Gasteiger partial charge in [0.25, 0.3) is 0 Å². The lowest BCUT2D eigenvalue weighted by Gasteiger charge is -2.20. The van der Waals surface area contributed by atoms with Crippen LogP contribution in [0.25, 0.3) is 0 Å². The summed E-state index contributed by atoms with van der Waals surface area (Å²) in [5.74, 6) is 0. The van der Waals surface area contributed by atoms with Crippen LogP contribution >= 0.6 is 11.6 Å². The maximum absolute atomic E-state index is 6.24. The van der Waals surface area contributed by atoms with Gasteiger partial charge in [0, 0.05) is 26.7 Å². The summed E-state index contributed by atoms with van der Waals surface area (Å²) in [6, 6.07) is 6.01. The van der Waals surface area contributed by atoms with Crippen molar-refractivity contribution < 1.29 is 4.74 Å². The number of hydrogen-bond acceptors (Lipinski definition) is 3. The number of halogens is 1. The molecule has 16 heavy (non-hydrogen) atoms. The van der Waals surface area contributed by atoms with Crippen LogP contribution in [0.3, 0.4) is 0 Å². The predicted molar refractivity (Wildman–Crippen MR) is 67.0 cm³/mol. The minimum atomic E-state index is 0.324. The quantitative estimate of drug-likeness (QED) is 0.879. The van der Waals surface area contributed by atoms with Gasteiger partial charge in [-0.2, -0.15) is 0 Å². The van der Waals surface area contributed by atoms with Crippen molar-refractivity contribution in [1.29, 1.82) is 0 Å². The van der Waals surface area contributed by atoms with E-state index in [1.54, 1.807) is 7.11 Å². The molecule has 1 aromatic rings. The molecule has 1 aliphatic rings. The van der Waals surface area contributed by atoms with E-state index >= 15 is 0 Å². The average molecular weight is 241 g/mol. The second-order valence-corrected chi connectivity index (χ2v) is 4.49. The van der Waals surface area contributed by atoms with Gasteiger partial charge in [0.05, 0.1) is 16.8 Å². The first-order valence-corrected chi connectivity index (χ1v) is 5.88. The molecule has 0 aromatic heterocycles. The van der Waals surface area contributed by atoms with Crippen LogP contribution in [-0.2, 0) is 11.3 Å². The van der Waals surface area contributed by atoms with Gasteiger partial charge in [0.2, 0.25) is 0 Å². The molecule has 1 fully saturated rings. The van der Waals surface area contributed by atoms with Gasteiger partial charge in [-0.15, -0.1) is 0 Å². The van der Waals surface area contributed by atoms with Crippen LogP contribution in [0.1, 0.15) is 12.0 Å². The van der Waals surface area contributed by atoms with Gasteiger partial charge in [0.1, 0.15) is 0 Å². The van der Waals surface area contributed by atoms with E-state index in [1.165, 1.54) is 0 Å². The Labute approximate surface area is 101 Å². The molecule has 88 valence electrons. The Kier molecular flexibility index (Phi) is 3.69. The third-order valence-electron chi connectivity index (χ3n) is 3.07. The van der Waals surface area contributed by atoms with E-state index < -0.39 is 0 Å². The van der Waals surface area contributed by atoms with Gasteiger partial charge in [-0.05, 0) is 24.1 Å². The highest BCUT2D eigenvalue weighted by Gasteiger charge is 2.23. The fourth-order valence-electron chi connectivity index (χ4n) is 2.07. The zero-order valence-electron chi connectivity index (χ0n) is 9.45. The molecule has 3 nitrogen and oxygen atoms in total. The molecule has 4 heteroatoms. The summed E-state index contributed by atoms with van der Waals surface area (Å²) < 4.78 is 5.34. The van der Waals surface area contributed by atoms with Crippen LogP contribution in [0, 0.1) is 0 Å². The molecule has 1 aromatic carbocycles. The van der Waals surface area contributed by atoms with E-state index in [2.05, 4.69) is 4.90 Å². The van der Waals surface area contributed by atoms with E-state index in [0.29, 0.717) is 12.6 Å². The van der Waals surface area contributed by atoms with Crippen molar-refractivity contribution in [2.75, 3.05) is 25.1 Å². The van der Waals surface area contributed by atoms with E-state index in [4.69, 9.17) is 22.1 Å². The topological polar surface area (TPSA) is 38.5 Å². The number of anilines is 1. The number of benzene rings is 1. The zero-order valence-corrected chi connectivity index (χ0v) is 10.2. The zero-order chi connectivity index (χ0) is 11.5. The summed E-state index contributed by atoms with van der Waals surface area (Å²) >= 11 is 6.24. The minimum Gasteiger partial charge on any atom is -0.380 e. The molecule has 1 aliphatic heterocycles. The maximum atomic E-state index is 6.24. The normalized spacial score (nSPS) is 20.4. The Bertz CT molecular complexity index is 370. The van der Waals surface area contributed by atoms with Crippen LogP contribution in [0.15, 0.2) is 18.2 Å². The van der Waals surface area contributed by atoms with Crippen LogP contribution in [0.4, 0.5) is 5.69 Å². The first-order chi connectivity index (χ1) is 7.74. The Morgan fingerprint density at radius 2 is 2.38 bits per heavy atom. The van der Waals surface area contributed by atoms with Crippen molar-refractivity contribution in [3.63, 3.8) is 0 Å². The first kappa shape index (κ1) is 11.7. The fourth-order valence-corrected chi connectivity index (χ4v) is 2.40. The molecule has 0 aliphatic carbocycles. The molecule has 1 atom stereocenters. The number of ether oxygens (including phenoxy) is 1. The third-order valence-corrected chi connectivity index (χ3v) is 3.37. The SMILES string of the molecule is COC1CCN(c2ccc(CN)cc2Cl)C1. The van der Waals surface area contributed by atoms with E-state index in [0.717, 1.165) is 35.8 Å². The van der Waals surface area contributed by atoms with Crippen molar-refractivity contribution in [1.82, 2.24) is 0 Å². The second kappa shape index (κ2) is 5.04. The third kappa shape index (κ3) is 2.32. The Balaban J connectivity index is 2.15. The van der Waals surface area contributed by atoms with E-state index in [9.17, 15) is 0 Å². The molecular weight excluding hydrogens is 224 g/mol. The minimum absolute atomic E-state index is 0.324. The number of rotatable bonds is 3. The summed E-state index contributed by atoms with van der Waals surface area (Å²) in [4.78, 5) is 2.26. The standard InChI is InChI=1S/C12H17ClN2O/c1-16-10-4-5-15(8-10)12-3-2-9(7-14)6-11(12)13/h2-3,6,10H,4-5,7-8,14H2,1H3. The molecule has 1 heterocycles. The maximum Gasteiger partial charge on any atom is 0.0762 e. The highest BCUT2D eigenvalue weighted by molar-refractivity contribution is 6.33. The van der Waals surface area contributed by atoms with Crippen molar-refractivity contribution in [3.05, 3.63) is 28.8 Å². The monoisotopic (exact) mass is 240 g/mol. The van der Waals surface area contributed by atoms with E-state index in [-0.39, 0.29) is 0 Å². The number of hydrogen-bond donors (Lipinski definition) is 1. The molecule has 0 saturated carbocycles. The first-order valence-electron chi connectivity index (χ1n) is 5.51. The highest BCUT2D eigenvalue weighted by Crippen LogP contribution is 2.30. The van der Waals surface area contributed by atoms with Gasteiger partial charge in [-0.25, -0.2) is 0 Å². The van der Waals surface area contributed by atoms with Crippen molar-refractivity contribution in [3.8, 4) is 0 Å². The van der Waals surface area contributed by atoms with Gasteiger partial charge in [0.15, 0.2) is 0 Å². The molecule has 0 amide bonds. The largest absolute Gasteiger partial charge is 0.380 e. The van der Waals surface area contributed by atoms with Crippen LogP contribution in [-0.4, -0.2) is 26.3 Å². The summed E-state index contributed by atoms with van der Waals surface area (Å²) in [7, 11) is 1.76. The molecule has 0 spiro atoms. The number of nitrogens with two attached hydrogens (primary N) is 1. The smallest absolute Gasteiger partial charge is 0.0762 e. The Morgan fingerprint density at radius 3 is 2.94 bits per heavy atom. The number of nitrogens with zero attached hydrogens (tertiary/aromatic N) is 1. The Morgan fingerprint density at radius 1 is 1.56 bits per heavy atom. The van der Waals surface area contributed by atoms with Crippen molar-refractivity contribution >= 4 is 17.3 Å². The Hall–Kier alpha value is -0.770. The van der Waals surface area contributed by atoms with Crippen LogP contribution < -0.4 is 10.6 Å². The van der Waals surface area contributed by atoms with E-state index in [1.807, 2.05) is 18.2 Å². The fraction of sp³-hybridized carbons (Fsp3) is 0.500. The summed E-state index contributed by atoms with van der Waals surface area (Å²) in [6.07, 6.45) is 1.39. The van der Waals surface area contributed by atoms with Gasteiger partial charge < -0.3 is 15.4 Å². The van der Waals surface area contributed by atoms with Crippen molar-refractivity contribution in [2.45, 2.75) is 19.1 Å². The molecular formula is C12H17ClN2O.